The van der Waals surface area contributed by atoms with Gasteiger partial charge in [0, 0.05) is 0 Å². The van der Waals surface area contributed by atoms with Gasteiger partial charge in [-0.05, 0) is 51.3 Å². The Hall–Kier alpha value is -1.35. The molecule has 0 spiro atoms. The molecular weight excluding hydrogens is 238 g/mol. The van der Waals surface area contributed by atoms with Gasteiger partial charge in [0.1, 0.15) is 0 Å². The molecule has 1 fully saturated rings. The van der Waals surface area contributed by atoms with E-state index in [2.05, 4.69) is 36.1 Å². The van der Waals surface area contributed by atoms with Crippen molar-refractivity contribution in [3.63, 3.8) is 0 Å². The first-order valence-corrected chi connectivity index (χ1v) is 7.17. The summed E-state index contributed by atoms with van der Waals surface area (Å²) < 4.78 is 5.27. The second-order valence-corrected chi connectivity index (χ2v) is 5.29. The number of nitrogens with zero attached hydrogens (tertiary/aromatic N) is 1. The number of carbonyl (C=O) groups is 1. The highest BCUT2D eigenvalue weighted by Gasteiger charge is 2.15. The molecule has 1 aliphatic rings. The summed E-state index contributed by atoms with van der Waals surface area (Å²) in [4.78, 5) is 13.8. The van der Waals surface area contributed by atoms with Crippen LogP contribution < -0.4 is 0 Å². The molecule has 0 unspecified atom stereocenters. The molecule has 0 bridgehead atoms. The first-order chi connectivity index (χ1) is 9.24. The molecule has 0 N–H and O–H groups in total. The fraction of sp³-hybridized carbons (Fsp3) is 0.562. The minimum atomic E-state index is -0.0780. The number of esters is 1. The maximum absolute atomic E-state index is 11.6. The van der Waals surface area contributed by atoms with E-state index in [0.29, 0.717) is 13.2 Å². The molecule has 3 nitrogen and oxygen atoms in total. The van der Waals surface area contributed by atoms with Crippen molar-refractivity contribution < 1.29 is 9.53 Å². The Bertz CT molecular complexity index is 394. The van der Waals surface area contributed by atoms with Crippen LogP contribution in [-0.2, 0) is 16.0 Å². The average molecular weight is 261 g/mol. The van der Waals surface area contributed by atoms with E-state index < -0.39 is 0 Å². The number of hydrogen-bond donors (Lipinski definition) is 0. The van der Waals surface area contributed by atoms with Crippen LogP contribution in [0.3, 0.4) is 0 Å². The molecule has 3 heteroatoms. The third-order valence-corrected chi connectivity index (χ3v) is 3.54. The Balaban J connectivity index is 1.58. The van der Waals surface area contributed by atoms with Crippen molar-refractivity contribution in [3.05, 3.63) is 35.4 Å². The molecule has 19 heavy (non-hydrogen) atoms. The first kappa shape index (κ1) is 14.1. The molecule has 0 aliphatic carbocycles. The summed E-state index contributed by atoms with van der Waals surface area (Å²) >= 11 is 0. The molecule has 0 amide bonds. The summed E-state index contributed by atoms with van der Waals surface area (Å²) in [5.74, 6) is -0.0780. The molecule has 1 heterocycles. The summed E-state index contributed by atoms with van der Waals surface area (Å²) in [6, 6.07) is 8.52. The lowest BCUT2D eigenvalue weighted by atomic mass is 10.1. The number of benzene rings is 1. The van der Waals surface area contributed by atoms with Gasteiger partial charge in [-0.2, -0.15) is 0 Å². The SMILES string of the molecule is Cc1ccc(CCCOC(=O)CN2CCCC2)cc1. The third kappa shape index (κ3) is 5.03. The smallest absolute Gasteiger partial charge is 0.320 e. The molecule has 1 aromatic rings. The van der Waals surface area contributed by atoms with Crippen LogP contribution in [0.2, 0.25) is 0 Å². The van der Waals surface area contributed by atoms with Gasteiger partial charge in [0.2, 0.25) is 0 Å². The Morgan fingerprint density at radius 2 is 1.89 bits per heavy atom. The highest BCUT2D eigenvalue weighted by molar-refractivity contribution is 5.71. The van der Waals surface area contributed by atoms with Gasteiger partial charge in [-0.15, -0.1) is 0 Å². The second kappa shape index (κ2) is 7.29. The second-order valence-electron chi connectivity index (χ2n) is 5.29. The lowest BCUT2D eigenvalue weighted by molar-refractivity contribution is -0.144. The monoisotopic (exact) mass is 261 g/mol. The summed E-state index contributed by atoms with van der Waals surface area (Å²) in [6.07, 6.45) is 4.29. The number of rotatable bonds is 6. The number of hydrogen-bond acceptors (Lipinski definition) is 3. The highest BCUT2D eigenvalue weighted by atomic mass is 16.5. The molecule has 0 radical (unpaired) electrons. The molecule has 1 saturated heterocycles. The van der Waals surface area contributed by atoms with E-state index in [4.69, 9.17) is 4.74 Å². The van der Waals surface area contributed by atoms with Crippen molar-refractivity contribution in [1.29, 1.82) is 0 Å². The van der Waals surface area contributed by atoms with Gasteiger partial charge in [0.05, 0.1) is 13.2 Å². The van der Waals surface area contributed by atoms with Crippen LogP contribution in [-0.4, -0.2) is 37.1 Å². The van der Waals surface area contributed by atoms with Crippen LogP contribution in [0.15, 0.2) is 24.3 Å². The van der Waals surface area contributed by atoms with Crippen LogP contribution >= 0.6 is 0 Å². The van der Waals surface area contributed by atoms with Gasteiger partial charge in [0.25, 0.3) is 0 Å². The Labute approximate surface area is 115 Å². The van der Waals surface area contributed by atoms with Crippen LogP contribution in [0.4, 0.5) is 0 Å². The van der Waals surface area contributed by atoms with Gasteiger partial charge >= 0.3 is 5.97 Å². The number of carbonyl (C=O) groups excluding carboxylic acids is 1. The predicted molar refractivity (Wildman–Crippen MR) is 76.1 cm³/mol. The topological polar surface area (TPSA) is 29.5 Å². The first-order valence-electron chi connectivity index (χ1n) is 7.17. The van der Waals surface area contributed by atoms with E-state index >= 15 is 0 Å². The predicted octanol–water partition coefficient (Wildman–Crippen LogP) is 2.57. The molecule has 104 valence electrons. The summed E-state index contributed by atoms with van der Waals surface area (Å²) in [7, 11) is 0. The number of likely N-dealkylation sites (tertiary alicyclic amines) is 1. The van der Waals surface area contributed by atoms with Crippen LogP contribution in [0.1, 0.15) is 30.4 Å². The summed E-state index contributed by atoms with van der Waals surface area (Å²) in [6.45, 7) is 5.16. The van der Waals surface area contributed by atoms with Crippen molar-refractivity contribution in [3.8, 4) is 0 Å². The van der Waals surface area contributed by atoms with Gasteiger partial charge in [-0.1, -0.05) is 29.8 Å². The van der Waals surface area contributed by atoms with Crippen LogP contribution in [0.5, 0.6) is 0 Å². The molecular formula is C16H23NO2. The van der Waals surface area contributed by atoms with E-state index in [1.807, 2.05) is 0 Å². The molecule has 0 aromatic heterocycles. The average Bonchev–Trinajstić information content (AvgIpc) is 2.89. The maximum atomic E-state index is 11.6. The van der Waals surface area contributed by atoms with Gasteiger partial charge in [-0.25, -0.2) is 0 Å². The van der Waals surface area contributed by atoms with Crippen LogP contribution in [0, 0.1) is 6.92 Å². The van der Waals surface area contributed by atoms with Crippen LogP contribution in [0.25, 0.3) is 0 Å². The minimum absolute atomic E-state index is 0.0780. The normalized spacial score (nSPS) is 15.6. The Morgan fingerprint density at radius 3 is 2.58 bits per heavy atom. The van der Waals surface area contributed by atoms with Gasteiger partial charge < -0.3 is 4.74 Å². The quantitative estimate of drug-likeness (QED) is 0.582. The number of ether oxygens (including phenoxy) is 1. The molecule has 1 aliphatic heterocycles. The van der Waals surface area contributed by atoms with Crippen molar-refractivity contribution in [1.82, 2.24) is 4.90 Å². The zero-order chi connectivity index (χ0) is 13.5. The fourth-order valence-corrected chi connectivity index (χ4v) is 2.39. The zero-order valence-electron chi connectivity index (χ0n) is 11.7. The lowest BCUT2D eigenvalue weighted by Gasteiger charge is -2.13. The maximum Gasteiger partial charge on any atom is 0.320 e. The van der Waals surface area contributed by atoms with E-state index in [1.165, 1.54) is 24.0 Å². The van der Waals surface area contributed by atoms with Gasteiger partial charge in [0.15, 0.2) is 0 Å². The largest absolute Gasteiger partial charge is 0.465 e. The van der Waals surface area contributed by atoms with Crippen molar-refractivity contribution in [2.75, 3.05) is 26.2 Å². The van der Waals surface area contributed by atoms with E-state index in [9.17, 15) is 4.79 Å². The summed E-state index contributed by atoms with van der Waals surface area (Å²) in [5, 5.41) is 0. The van der Waals surface area contributed by atoms with Crippen molar-refractivity contribution in [2.24, 2.45) is 0 Å². The highest BCUT2D eigenvalue weighted by Crippen LogP contribution is 2.08. The standard InChI is InChI=1S/C16H23NO2/c1-14-6-8-15(9-7-14)5-4-12-19-16(18)13-17-10-2-3-11-17/h6-9H,2-5,10-13H2,1H3. The summed E-state index contributed by atoms with van der Waals surface area (Å²) in [5.41, 5.74) is 2.59. The van der Waals surface area contributed by atoms with E-state index in [1.54, 1.807) is 0 Å². The Kier molecular flexibility index (Phi) is 5.40. The molecule has 2 rings (SSSR count). The minimum Gasteiger partial charge on any atom is -0.465 e. The van der Waals surface area contributed by atoms with E-state index in [-0.39, 0.29) is 5.97 Å². The Morgan fingerprint density at radius 1 is 1.21 bits per heavy atom. The van der Waals surface area contributed by atoms with E-state index in [0.717, 1.165) is 25.9 Å². The third-order valence-electron chi connectivity index (χ3n) is 3.54. The fourth-order valence-electron chi connectivity index (χ4n) is 2.39. The zero-order valence-corrected chi connectivity index (χ0v) is 11.7. The van der Waals surface area contributed by atoms with Gasteiger partial charge in [-0.3, -0.25) is 9.69 Å². The van der Waals surface area contributed by atoms with Crippen molar-refractivity contribution >= 4 is 5.97 Å². The molecule has 0 saturated carbocycles. The number of aryl methyl sites for hydroxylation is 2. The molecule has 0 atom stereocenters. The lowest BCUT2D eigenvalue weighted by Crippen LogP contribution is -2.28. The van der Waals surface area contributed by atoms with Crippen molar-refractivity contribution in [2.45, 2.75) is 32.6 Å². The molecule has 1 aromatic carbocycles.